The third-order valence-corrected chi connectivity index (χ3v) is 4.45. The Morgan fingerprint density at radius 1 is 0.880 bits per heavy atom. The number of benzene rings is 2. The Labute approximate surface area is 145 Å². The number of carbonyl (C=O) groups is 2. The van der Waals surface area contributed by atoms with Crippen LogP contribution in [-0.2, 0) is 6.42 Å². The quantitative estimate of drug-likeness (QED) is 0.680. The molecule has 0 spiro atoms. The third-order valence-electron chi connectivity index (χ3n) is 4.45. The predicted octanol–water partition coefficient (Wildman–Crippen LogP) is 4.11. The number of imide groups is 1. The largest absolute Gasteiger partial charge is 0.268 e. The van der Waals surface area contributed by atoms with E-state index in [1.807, 2.05) is 55.5 Å². The molecule has 0 fully saturated rings. The Morgan fingerprint density at radius 3 is 2.16 bits per heavy atom. The first-order valence-corrected chi connectivity index (χ1v) is 8.23. The summed E-state index contributed by atoms with van der Waals surface area (Å²) in [5.41, 5.74) is 3.96. The minimum absolute atomic E-state index is 0.275. The first kappa shape index (κ1) is 15.3. The van der Waals surface area contributed by atoms with E-state index in [0.29, 0.717) is 23.2 Å². The molecule has 0 radical (unpaired) electrons. The van der Waals surface area contributed by atoms with Crippen molar-refractivity contribution in [3.8, 4) is 11.3 Å². The average Bonchev–Trinajstić information content (AvgIpc) is 2.93. The number of amides is 2. The molecular weight excluding hydrogens is 312 g/mol. The van der Waals surface area contributed by atoms with Crippen molar-refractivity contribution in [2.75, 3.05) is 4.90 Å². The molecule has 4 nitrogen and oxygen atoms in total. The standard InChI is InChI=1S/C21H16N2O2/c1-2-16-18-17(13-22-19(16)14-9-5-3-6-10-14)20(24)23(21(18)25)15-11-7-4-8-12-15/h3-13H,2H2,1H3. The number of aromatic nitrogens is 1. The molecule has 1 aliphatic heterocycles. The van der Waals surface area contributed by atoms with Gasteiger partial charge in [0, 0.05) is 11.8 Å². The number of rotatable bonds is 3. The van der Waals surface area contributed by atoms with Crippen molar-refractivity contribution in [3.63, 3.8) is 0 Å². The molecular formula is C21H16N2O2. The van der Waals surface area contributed by atoms with Crippen molar-refractivity contribution in [1.82, 2.24) is 4.98 Å². The Bertz CT molecular complexity index is 966. The number of anilines is 1. The van der Waals surface area contributed by atoms with E-state index in [4.69, 9.17) is 0 Å². The molecule has 2 aromatic carbocycles. The molecule has 2 amide bonds. The van der Waals surface area contributed by atoms with Crippen molar-refractivity contribution in [3.05, 3.63) is 83.6 Å². The van der Waals surface area contributed by atoms with Crippen LogP contribution in [0.15, 0.2) is 66.9 Å². The summed E-state index contributed by atoms with van der Waals surface area (Å²) in [7, 11) is 0. The zero-order valence-corrected chi connectivity index (χ0v) is 13.8. The number of para-hydroxylation sites is 1. The van der Waals surface area contributed by atoms with Crippen LogP contribution in [0.1, 0.15) is 33.2 Å². The van der Waals surface area contributed by atoms with E-state index < -0.39 is 0 Å². The molecule has 3 aromatic rings. The monoisotopic (exact) mass is 328 g/mol. The fraction of sp³-hybridized carbons (Fsp3) is 0.0952. The summed E-state index contributed by atoms with van der Waals surface area (Å²) in [6.07, 6.45) is 2.15. The molecule has 1 aliphatic rings. The maximum Gasteiger partial charge on any atom is 0.267 e. The lowest BCUT2D eigenvalue weighted by Crippen LogP contribution is -2.29. The molecule has 0 saturated heterocycles. The lowest BCUT2D eigenvalue weighted by molar-refractivity contribution is 0.0926. The highest BCUT2D eigenvalue weighted by Crippen LogP contribution is 2.34. The number of fused-ring (bicyclic) bond motifs is 1. The van der Waals surface area contributed by atoms with Gasteiger partial charge >= 0.3 is 0 Å². The van der Waals surface area contributed by atoms with Crippen molar-refractivity contribution >= 4 is 17.5 Å². The van der Waals surface area contributed by atoms with E-state index in [0.717, 1.165) is 16.8 Å². The van der Waals surface area contributed by atoms with Crippen molar-refractivity contribution < 1.29 is 9.59 Å². The minimum Gasteiger partial charge on any atom is -0.268 e. The molecule has 25 heavy (non-hydrogen) atoms. The van der Waals surface area contributed by atoms with Gasteiger partial charge in [-0.1, -0.05) is 55.5 Å². The second-order valence-corrected chi connectivity index (χ2v) is 5.87. The second-order valence-electron chi connectivity index (χ2n) is 5.87. The molecule has 0 bridgehead atoms. The zero-order valence-electron chi connectivity index (χ0n) is 13.8. The normalized spacial score (nSPS) is 13.2. The Balaban J connectivity index is 1.89. The van der Waals surface area contributed by atoms with Crippen LogP contribution < -0.4 is 4.90 Å². The number of hydrogen-bond donors (Lipinski definition) is 0. The lowest BCUT2D eigenvalue weighted by atomic mass is 9.96. The second kappa shape index (κ2) is 5.98. The summed E-state index contributed by atoms with van der Waals surface area (Å²) >= 11 is 0. The van der Waals surface area contributed by atoms with Crippen LogP contribution in [0.5, 0.6) is 0 Å². The van der Waals surface area contributed by atoms with E-state index in [1.165, 1.54) is 11.1 Å². The number of hydrogen-bond acceptors (Lipinski definition) is 3. The van der Waals surface area contributed by atoms with E-state index in [9.17, 15) is 9.59 Å². The van der Waals surface area contributed by atoms with Gasteiger partial charge < -0.3 is 0 Å². The van der Waals surface area contributed by atoms with Gasteiger partial charge in [-0.2, -0.15) is 0 Å². The molecule has 4 heteroatoms. The third kappa shape index (κ3) is 2.34. The number of pyridine rings is 1. The predicted molar refractivity (Wildman–Crippen MR) is 96.6 cm³/mol. The highest BCUT2D eigenvalue weighted by atomic mass is 16.2. The highest BCUT2D eigenvalue weighted by Gasteiger charge is 2.39. The van der Waals surface area contributed by atoms with Crippen LogP contribution in [0.25, 0.3) is 11.3 Å². The molecule has 122 valence electrons. The highest BCUT2D eigenvalue weighted by molar-refractivity contribution is 6.35. The van der Waals surface area contributed by atoms with Crippen LogP contribution in [0, 0.1) is 0 Å². The van der Waals surface area contributed by atoms with Gasteiger partial charge in [-0.3, -0.25) is 14.6 Å². The first-order chi connectivity index (χ1) is 12.2. The van der Waals surface area contributed by atoms with Crippen molar-refractivity contribution in [1.29, 1.82) is 0 Å². The van der Waals surface area contributed by atoms with Crippen molar-refractivity contribution in [2.24, 2.45) is 0 Å². The van der Waals surface area contributed by atoms with Crippen LogP contribution in [0.3, 0.4) is 0 Å². The number of carbonyl (C=O) groups excluding carboxylic acids is 2. The molecule has 2 heterocycles. The molecule has 1 aromatic heterocycles. The van der Waals surface area contributed by atoms with Gasteiger partial charge in [0.25, 0.3) is 11.8 Å². The number of nitrogens with zero attached hydrogens (tertiary/aromatic N) is 2. The van der Waals surface area contributed by atoms with Crippen LogP contribution in [0.2, 0.25) is 0 Å². The summed E-state index contributed by atoms with van der Waals surface area (Å²) < 4.78 is 0. The van der Waals surface area contributed by atoms with Gasteiger partial charge in [-0.15, -0.1) is 0 Å². The molecule has 0 saturated carbocycles. The van der Waals surface area contributed by atoms with Crippen molar-refractivity contribution in [2.45, 2.75) is 13.3 Å². The molecule has 0 aliphatic carbocycles. The van der Waals surface area contributed by atoms with Crippen LogP contribution >= 0.6 is 0 Å². The Hall–Kier alpha value is -3.27. The van der Waals surface area contributed by atoms with E-state index in [-0.39, 0.29) is 11.8 Å². The Kier molecular flexibility index (Phi) is 3.65. The topological polar surface area (TPSA) is 50.3 Å². The summed E-state index contributed by atoms with van der Waals surface area (Å²) in [6.45, 7) is 1.98. The zero-order chi connectivity index (χ0) is 17.4. The van der Waals surface area contributed by atoms with E-state index in [2.05, 4.69) is 4.98 Å². The van der Waals surface area contributed by atoms with Gasteiger partial charge in [-0.25, -0.2) is 4.90 Å². The fourth-order valence-electron chi connectivity index (χ4n) is 3.28. The fourth-order valence-corrected chi connectivity index (χ4v) is 3.28. The van der Waals surface area contributed by atoms with Gasteiger partial charge in [-0.05, 0) is 24.1 Å². The van der Waals surface area contributed by atoms with Gasteiger partial charge in [0.2, 0.25) is 0 Å². The van der Waals surface area contributed by atoms with E-state index in [1.54, 1.807) is 12.1 Å². The summed E-state index contributed by atoms with van der Waals surface area (Å²) in [6, 6.07) is 18.7. The van der Waals surface area contributed by atoms with Gasteiger partial charge in [0.05, 0.1) is 22.5 Å². The van der Waals surface area contributed by atoms with Crippen LogP contribution in [0.4, 0.5) is 5.69 Å². The summed E-state index contributed by atoms with van der Waals surface area (Å²) in [5, 5.41) is 0. The SMILES string of the molecule is CCc1c(-c2ccccc2)ncc2c1C(=O)N(c1ccccc1)C2=O. The minimum atomic E-state index is -0.312. The lowest BCUT2D eigenvalue weighted by Gasteiger charge is -2.14. The first-order valence-electron chi connectivity index (χ1n) is 8.23. The maximum absolute atomic E-state index is 13.0. The smallest absolute Gasteiger partial charge is 0.267 e. The molecule has 4 rings (SSSR count). The van der Waals surface area contributed by atoms with Gasteiger partial charge in [0.15, 0.2) is 0 Å². The van der Waals surface area contributed by atoms with E-state index >= 15 is 0 Å². The average molecular weight is 328 g/mol. The van der Waals surface area contributed by atoms with Gasteiger partial charge in [0.1, 0.15) is 0 Å². The van der Waals surface area contributed by atoms with Crippen LogP contribution in [-0.4, -0.2) is 16.8 Å². The summed E-state index contributed by atoms with van der Waals surface area (Å²) in [5.74, 6) is -0.587. The molecule has 0 atom stereocenters. The Morgan fingerprint density at radius 2 is 1.52 bits per heavy atom. The molecule has 0 unspecified atom stereocenters. The maximum atomic E-state index is 13.0. The molecule has 0 N–H and O–H groups in total. The summed E-state index contributed by atoms with van der Waals surface area (Å²) in [4.78, 5) is 31.6.